The molecule has 1 rings (SSSR count). The van der Waals surface area contributed by atoms with Crippen molar-refractivity contribution in [3.63, 3.8) is 0 Å². The van der Waals surface area contributed by atoms with Gasteiger partial charge in [-0.15, -0.1) is 12.4 Å². The van der Waals surface area contributed by atoms with Crippen molar-refractivity contribution in [3.05, 3.63) is 29.3 Å². The van der Waals surface area contributed by atoms with Crippen molar-refractivity contribution in [1.29, 1.82) is 0 Å². The number of aryl methyl sites for hydroxylation is 2. The number of thiocarbonyl (C=S) groups is 1. The number of anilines is 1. The van der Waals surface area contributed by atoms with Crippen LogP contribution in [0.4, 0.5) is 5.69 Å². The minimum absolute atomic E-state index is 0. The zero-order chi connectivity index (χ0) is 12.1. The van der Waals surface area contributed by atoms with Gasteiger partial charge >= 0.3 is 0 Å². The number of rotatable bonds is 1. The van der Waals surface area contributed by atoms with Gasteiger partial charge in [0.25, 0.3) is 0 Å². The minimum atomic E-state index is 0. The van der Waals surface area contributed by atoms with Crippen LogP contribution in [0.3, 0.4) is 0 Å². The molecule has 0 aliphatic rings. The maximum Gasteiger partial charge on any atom is 0.194 e. The van der Waals surface area contributed by atoms with Crippen LogP contribution in [0.15, 0.2) is 23.2 Å². The second-order valence-corrected chi connectivity index (χ2v) is 3.86. The lowest BCUT2D eigenvalue weighted by atomic mass is 10.1. The topological polar surface area (TPSA) is 62.4 Å². The zero-order valence-corrected chi connectivity index (χ0v) is 11.7. The molecule has 0 heterocycles. The molecule has 0 radical (unpaired) electrons. The van der Waals surface area contributed by atoms with Gasteiger partial charge in [-0.1, -0.05) is 18.2 Å². The van der Waals surface area contributed by atoms with Crippen LogP contribution >= 0.6 is 24.6 Å². The SMILES string of the molecule is CN=C(N)NC(=S)Nc1c(C)cccc1C.Cl. The van der Waals surface area contributed by atoms with Crippen LogP contribution in [0.25, 0.3) is 0 Å². The first kappa shape index (κ1) is 15.7. The number of guanidine groups is 1. The van der Waals surface area contributed by atoms with Crippen LogP contribution in [0.1, 0.15) is 11.1 Å². The molecular formula is C11H17ClN4S. The van der Waals surface area contributed by atoms with Crippen LogP contribution < -0.4 is 16.4 Å². The van der Waals surface area contributed by atoms with Crippen molar-refractivity contribution in [1.82, 2.24) is 5.32 Å². The summed E-state index contributed by atoms with van der Waals surface area (Å²) in [6, 6.07) is 6.05. The molecule has 0 amide bonds. The van der Waals surface area contributed by atoms with Gasteiger partial charge in [0, 0.05) is 12.7 Å². The lowest BCUT2D eigenvalue weighted by Crippen LogP contribution is -2.39. The van der Waals surface area contributed by atoms with E-state index in [0.717, 1.165) is 16.8 Å². The quantitative estimate of drug-likeness (QED) is 0.415. The average Bonchev–Trinajstić information content (AvgIpc) is 2.23. The van der Waals surface area contributed by atoms with Gasteiger partial charge in [0.15, 0.2) is 11.1 Å². The lowest BCUT2D eigenvalue weighted by molar-refractivity contribution is 1.25. The van der Waals surface area contributed by atoms with Crippen LogP contribution in [0.2, 0.25) is 0 Å². The monoisotopic (exact) mass is 272 g/mol. The fraction of sp³-hybridized carbons (Fsp3) is 0.273. The molecule has 0 aromatic heterocycles. The van der Waals surface area contributed by atoms with Gasteiger partial charge in [-0.05, 0) is 37.2 Å². The highest BCUT2D eigenvalue weighted by Gasteiger charge is 2.04. The fourth-order valence-electron chi connectivity index (χ4n) is 1.33. The Morgan fingerprint density at radius 3 is 2.29 bits per heavy atom. The van der Waals surface area contributed by atoms with E-state index in [9.17, 15) is 0 Å². The molecule has 6 heteroatoms. The van der Waals surface area contributed by atoms with E-state index >= 15 is 0 Å². The van der Waals surface area contributed by atoms with Crippen molar-refractivity contribution < 1.29 is 0 Å². The maximum absolute atomic E-state index is 5.52. The molecule has 0 saturated heterocycles. The van der Waals surface area contributed by atoms with E-state index in [4.69, 9.17) is 18.0 Å². The molecule has 0 saturated carbocycles. The maximum atomic E-state index is 5.52. The third-order valence-electron chi connectivity index (χ3n) is 2.20. The third kappa shape index (κ3) is 4.58. The standard InChI is InChI=1S/C11H16N4S.ClH/c1-7-5-4-6-8(2)9(7)14-11(16)15-10(12)13-3;/h4-6H,1-3H3,(H4,12,13,14,15,16);1H. The summed E-state index contributed by atoms with van der Waals surface area (Å²) in [6.45, 7) is 4.05. The smallest absolute Gasteiger partial charge is 0.194 e. The average molecular weight is 273 g/mol. The van der Waals surface area contributed by atoms with Gasteiger partial charge < -0.3 is 16.4 Å². The predicted molar refractivity (Wildman–Crippen MR) is 80.1 cm³/mol. The fourth-order valence-corrected chi connectivity index (χ4v) is 1.54. The van der Waals surface area contributed by atoms with Crippen LogP contribution in [-0.2, 0) is 0 Å². The number of nitrogens with one attached hydrogen (secondary N) is 2. The predicted octanol–water partition coefficient (Wildman–Crippen LogP) is 1.96. The summed E-state index contributed by atoms with van der Waals surface area (Å²) in [7, 11) is 1.60. The van der Waals surface area contributed by atoms with Gasteiger partial charge in [-0.3, -0.25) is 4.99 Å². The van der Waals surface area contributed by atoms with E-state index in [1.807, 2.05) is 32.0 Å². The number of hydrogen-bond donors (Lipinski definition) is 3. The number of para-hydroxylation sites is 1. The van der Waals surface area contributed by atoms with E-state index in [0.29, 0.717) is 11.1 Å². The van der Waals surface area contributed by atoms with Crippen molar-refractivity contribution >= 4 is 41.4 Å². The normalized spacial score (nSPS) is 10.4. The molecule has 0 bridgehead atoms. The van der Waals surface area contributed by atoms with Crippen molar-refractivity contribution in [2.45, 2.75) is 13.8 Å². The van der Waals surface area contributed by atoms with Crippen molar-refractivity contribution in [2.75, 3.05) is 12.4 Å². The number of aliphatic imine (C=N–C) groups is 1. The highest BCUT2D eigenvalue weighted by molar-refractivity contribution is 7.80. The van der Waals surface area contributed by atoms with Crippen molar-refractivity contribution in [2.24, 2.45) is 10.7 Å². The Morgan fingerprint density at radius 2 is 1.82 bits per heavy atom. The molecule has 0 spiro atoms. The molecule has 1 aromatic rings. The third-order valence-corrected chi connectivity index (χ3v) is 2.41. The molecule has 0 unspecified atom stereocenters. The Kier molecular flexibility index (Phi) is 6.53. The molecule has 4 nitrogen and oxygen atoms in total. The summed E-state index contributed by atoms with van der Waals surface area (Å²) in [5.41, 5.74) is 8.79. The number of nitrogens with zero attached hydrogens (tertiary/aromatic N) is 1. The summed E-state index contributed by atoms with van der Waals surface area (Å²) >= 11 is 5.11. The number of hydrogen-bond acceptors (Lipinski definition) is 2. The molecule has 1 aromatic carbocycles. The van der Waals surface area contributed by atoms with Gasteiger partial charge in [0.1, 0.15) is 0 Å². The number of halogens is 1. The van der Waals surface area contributed by atoms with Crippen LogP contribution in [-0.4, -0.2) is 18.1 Å². The summed E-state index contributed by atoms with van der Waals surface area (Å²) in [6.07, 6.45) is 0. The van der Waals surface area contributed by atoms with Gasteiger partial charge in [0.2, 0.25) is 0 Å². The van der Waals surface area contributed by atoms with Gasteiger partial charge in [-0.25, -0.2) is 0 Å². The largest absolute Gasteiger partial charge is 0.370 e. The zero-order valence-electron chi connectivity index (χ0n) is 10.1. The second kappa shape index (κ2) is 7.09. The first-order chi connectivity index (χ1) is 7.54. The van der Waals surface area contributed by atoms with E-state index < -0.39 is 0 Å². The number of nitrogens with two attached hydrogens (primary N) is 1. The Balaban J connectivity index is 0.00000256. The molecule has 17 heavy (non-hydrogen) atoms. The Hall–Kier alpha value is -1.33. The molecule has 4 N–H and O–H groups in total. The van der Waals surface area contributed by atoms with Gasteiger partial charge in [-0.2, -0.15) is 0 Å². The summed E-state index contributed by atoms with van der Waals surface area (Å²) in [5, 5.41) is 6.33. The molecule has 94 valence electrons. The Labute approximate surface area is 113 Å². The first-order valence-corrected chi connectivity index (χ1v) is 5.32. The van der Waals surface area contributed by atoms with E-state index in [-0.39, 0.29) is 12.4 Å². The first-order valence-electron chi connectivity index (χ1n) is 4.91. The van der Waals surface area contributed by atoms with E-state index in [2.05, 4.69) is 15.6 Å². The highest BCUT2D eigenvalue weighted by atomic mass is 35.5. The minimum Gasteiger partial charge on any atom is -0.370 e. The van der Waals surface area contributed by atoms with E-state index in [1.165, 1.54) is 0 Å². The lowest BCUT2D eigenvalue weighted by Gasteiger charge is -2.13. The van der Waals surface area contributed by atoms with Crippen molar-refractivity contribution in [3.8, 4) is 0 Å². The van der Waals surface area contributed by atoms with Crippen LogP contribution in [0, 0.1) is 13.8 Å². The molecular weight excluding hydrogens is 256 g/mol. The summed E-state index contributed by atoms with van der Waals surface area (Å²) < 4.78 is 0. The summed E-state index contributed by atoms with van der Waals surface area (Å²) in [5.74, 6) is 0.295. The van der Waals surface area contributed by atoms with Crippen LogP contribution in [0.5, 0.6) is 0 Å². The Morgan fingerprint density at radius 1 is 1.29 bits per heavy atom. The molecule has 0 atom stereocenters. The summed E-state index contributed by atoms with van der Waals surface area (Å²) in [4.78, 5) is 3.77. The molecule has 0 aliphatic heterocycles. The second-order valence-electron chi connectivity index (χ2n) is 3.45. The molecule has 0 fully saturated rings. The van der Waals surface area contributed by atoms with Gasteiger partial charge in [0.05, 0.1) is 0 Å². The highest BCUT2D eigenvalue weighted by Crippen LogP contribution is 2.18. The van der Waals surface area contributed by atoms with E-state index in [1.54, 1.807) is 7.05 Å². The Bertz CT molecular complexity index is 411. The molecule has 0 aliphatic carbocycles. The number of benzene rings is 1.